The predicted octanol–water partition coefficient (Wildman–Crippen LogP) is 1.14. The van der Waals surface area contributed by atoms with Gasteiger partial charge in [-0.15, -0.1) is 0 Å². The van der Waals surface area contributed by atoms with Gasteiger partial charge >= 0.3 is 0 Å². The van der Waals surface area contributed by atoms with Gasteiger partial charge in [0, 0.05) is 11.1 Å². The molecule has 4 N–H and O–H groups in total. The maximum Gasteiger partial charge on any atom is 0.135 e. The zero-order valence-electron chi connectivity index (χ0n) is 8.47. The van der Waals surface area contributed by atoms with Crippen LogP contribution in [0.3, 0.4) is 0 Å². The monoisotopic (exact) mass is 230 g/mol. The van der Waals surface area contributed by atoms with Crippen LogP contribution in [0.25, 0.3) is 5.70 Å². The Balaban J connectivity index is 2.24. The molecule has 5 heteroatoms. The number of aliphatic imine (C=N–C) groups is 2. The SMILES string of the molecule is NC1=NCS/C1=C1/N=C(N)c2ccccc21. The van der Waals surface area contributed by atoms with Crippen LogP contribution in [0.15, 0.2) is 39.2 Å². The van der Waals surface area contributed by atoms with Gasteiger partial charge < -0.3 is 11.5 Å². The molecule has 16 heavy (non-hydrogen) atoms. The van der Waals surface area contributed by atoms with E-state index in [0.717, 1.165) is 21.7 Å². The molecule has 4 nitrogen and oxygen atoms in total. The lowest BCUT2D eigenvalue weighted by atomic mass is 10.1. The van der Waals surface area contributed by atoms with Gasteiger partial charge in [-0.3, -0.25) is 4.99 Å². The third-order valence-corrected chi connectivity index (χ3v) is 3.53. The number of hydrogen-bond acceptors (Lipinski definition) is 5. The molecular weight excluding hydrogens is 220 g/mol. The van der Waals surface area contributed by atoms with Crippen molar-refractivity contribution in [1.82, 2.24) is 0 Å². The Bertz CT molecular complexity index is 557. The maximum atomic E-state index is 5.88. The Hall–Kier alpha value is -1.75. The molecule has 0 saturated heterocycles. The van der Waals surface area contributed by atoms with E-state index in [4.69, 9.17) is 11.5 Å². The molecule has 0 bridgehead atoms. The topological polar surface area (TPSA) is 76.8 Å². The number of nitrogens with two attached hydrogens (primary N) is 2. The van der Waals surface area contributed by atoms with Crippen molar-refractivity contribution in [2.45, 2.75) is 0 Å². The van der Waals surface area contributed by atoms with E-state index in [9.17, 15) is 0 Å². The molecule has 0 amide bonds. The summed E-state index contributed by atoms with van der Waals surface area (Å²) in [6, 6.07) is 7.90. The van der Waals surface area contributed by atoms with Gasteiger partial charge in [0.15, 0.2) is 0 Å². The van der Waals surface area contributed by atoms with Crippen molar-refractivity contribution >= 4 is 29.1 Å². The van der Waals surface area contributed by atoms with E-state index < -0.39 is 0 Å². The normalized spacial score (nSPS) is 23.0. The number of nitrogens with zero attached hydrogens (tertiary/aromatic N) is 2. The third kappa shape index (κ3) is 1.25. The molecule has 0 fully saturated rings. The number of amidine groups is 2. The Morgan fingerprint density at radius 3 is 2.50 bits per heavy atom. The maximum absolute atomic E-state index is 5.88. The summed E-state index contributed by atoms with van der Waals surface area (Å²) in [4.78, 5) is 9.47. The van der Waals surface area contributed by atoms with Gasteiger partial charge in [0.1, 0.15) is 11.7 Å². The summed E-state index contributed by atoms with van der Waals surface area (Å²) in [5.74, 6) is 1.79. The van der Waals surface area contributed by atoms with Crippen LogP contribution in [0.1, 0.15) is 11.1 Å². The van der Waals surface area contributed by atoms with Crippen LogP contribution in [-0.4, -0.2) is 17.5 Å². The molecule has 0 spiro atoms. The van der Waals surface area contributed by atoms with Crippen molar-refractivity contribution in [2.24, 2.45) is 21.5 Å². The van der Waals surface area contributed by atoms with Gasteiger partial charge in [0.05, 0.1) is 16.5 Å². The summed E-state index contributed by atoms with van der Waals surface area (Å²) >= 11 is 1.60. The molecule has 80 valence electrons. The fourth-order valence-corrected chi connectivity index (χ4v) is 2.67. The Kier molecular flexibility index (Phi) is 2.00. The van der Waals surface area contributed by atoms with Crippen LogP contribution >= 0.6 is 11.8 Å². The second-order valence-electron chi connectivity index (χ2n) is 3.54. The first kappa shape index (κ1) is 9.47. The highest BCUT2D eigenvalue weighted by Gasteiger charge is 2.24. The van der Waals surface area contributed by atoms with E-state index in [-0.39, 0.29) is 0 Å². The number of hydrogen-bond donors (Lipinski definition) is 2. The van der Waals surface area contributed by atoms with Crippen molar-refractivity contribution in [2.75, 3.05) is 5.88 Å². The third-order valence-electron chi connectivity index (χ3n) is 2.58. The molecule has 0 aliphatic carbocycles. The zero-order valence-corrected chi connectivity index (χ0v) is 9.29. The predicted molar refractivity (Wildman–Crippen MR) is 68.2 cm³/mol. The van der Waals surface area contributed by atoms with Gasteiger partial charge in [-0.1, -0.05) is 36.0 Å². The van der Waals surface area contributed by atoms with Gasteiger partial charge in [-0.05, 0) is 0 Å². The number of rotatable bonds is 0. The molecular formula is C11H10N4S. The van der Waals surface area contributed by atoms with Crippen molar-refractivity contribution in [3.63, 3.8) is 0 Å². The standard InChI is InChI=1S/C11H10N4S/c12-10-7-4-2-1-3-6(7)8(15-10)9-11(13)14-5-16-9/h1-4H,5H2,(H2,12,15)(H2,13,14)/b9-8+. The van der Waals surface area contributed by atoms with E-state index in [0.29, 0.717) is 17.5 Å². The van der Waals surface area contributed by atoms with Crippen molar-refractivity contribution in [1.29, 1.82) is 0 Å². The molecule has 0 radical (unpaired) electrons. The van der Waals surface area contributed by atoms with Crippen molar-refractivity contribution in [3.8, 4) is 0 Å². The van der Waals surface area contributed by atoms with E-state index >= 15 is 0 Å². The Morgan fingerprint density at radius 1 is 1.06 bits per heavy atom. The molecule has 0 unspecified atom stereocenters. The highest BCUT2D eigenvalue weighted by molar-refractivity contribution is 8.04. The molecule has 1 aromatic rings. The van der Waals surface area contributed by atoms with Gasteiger partial charge in [-0.25, -0.2) is 4.99 Å². The summed E-state index contributed by atoms with van der Waals surface area (Å²) in [5, 5.41) is 0. The quantitative estimate of drug-likeness (QED) is 0.701. The lowest BCUT2D eigenvalue weighted by Gasteiger charge is -2.02. The molecule has 0 aromatic heterocycles. The number of fused-ring (bicyclic) bond motifs is 1. The van der Waals surface area contributed by atoms with E-state index in [1.165, 1.54) is 0 Å². The summed E-state index contributed by atoms with van der Waals surface area (Å²) < 4.78 is 0. The zero-order chi connectivity index (χ0) is 11.1. The summed E-state index contributed by atoms with van der Waals surface area (Å²) in [6.07, 6.45) is 0. The molecule has 2 aliphatic rings. The first-order valence-electron chi connectivity index (χ1n) is 4.88. The summed E-state index contributed by atoms with van der Waals surface area (Å²) in [6.45, 7) is 0. The second-order valence-corrected chi connectivity index (χ2v) is 4.49. The molecule has 2 heterocycles. The minimum atomic E-state index is 0.554. The molecule has 3 rings (SSSR count). The molecule has 0 saturated carbocycles. The van der Waals surface area contributed by atoms with E-state index in [1.807, 2.05) is 24.3 Å². The van der Waals surface area contributed by atoms with Crippen LogP contribution in [-0.2, 0) is 0 Å². The average Bonchev–Trinajstić information content (AvgIpc) is 2.84. The summed E-state index contributed by atoms with van der Waals surface area (Å²) in [5.41, 5.74) is 14.6. The first-order valence-corrected chi connectivity index (χ1v) is 5.87. The fourth-order valence-electron chi connectivity index (χ4n) is 1.83. The number of thioether (sulfide) groups is 1. The van der Waals surface area contributed by atoms with Crippen LogP contribution in [0.2, 0.25) is 0 Å². The Morgan fingerprint density at radius 2 is 1.81 bits per heavy atom. The molecule has 0 atom stereocenters. The largest absolute Gasteiger partial charge is 0.383 e. The lowest BCUT2D eigenvalue weighted by Crippen LogP contribution is -2.10. The van der Waals surface area contributed by atoms with Crippen molar-refractivity contribution < 1.29 is 0 Å². The smallest absolute Gasteiger partial charge is 0.135 e. The van der Waals surface area contributed by atoms with Crippen molar-refractivity contribution in [3.05, 3.63) is 40.3 Å². The highest BCUT2D eigenvalue weighted by atomic mass is 32.2. The number of benzene rings is 1. The highest BCUT2D eigenvalue weighted by Crippen LogP contribution is 2.36. The minimum Gasteiger partial charge on any atom is -0.383 e. The minimum absolute atomic E-state index is 0.554. The summed E-state index contributed by atoms with van der Waals surface area (Å²) in [7, 11) is 0. The van der Waals surface area contributed by atoms with Crippen LogP contribution in [0.4, 0.5) is 0 Å². The van der Waals surface area contributed by atoms with Crippen LogP contribution in [0.5, 0.6) is 0 Å². The van der Waals surface area contributed by atoms with Crippen LogP contribution in [0, 0.1) is 0 Å². The molecule has 1 aromatic carbocycles. The first-order chi connectivity index (χ1) is 7.77. The van der Waals surface area contributed by atoms with E-state index in [2.05, 4.69) is 9.98 Å². The van der Waals surface area contributed by atoms with Crippen LogP contribution < -0.4 is 11.5 Å². The van der Waals surface area contributed by atoms with E-state index in [1.54, 1.807) is 11.8 Å². The molecule has 2 aliphatic heterocycles. The Labute approximate surface area is 97.1 Å². The van der Waals surface area contributed by atoms with Gasteiger partial charge in [-0.2, -0.15) is 0 Å². The fraction of sp³-hybridized carbons (Fsp3) is 0.0909. The average molecular weight is 230 g/mol. The second kappa shape index (κ2) is 3.38. The van der Waals surface area contributed by atoms with Gasteiger partial charge in [0.25, 0.3) is 0 Å². The van der Waals surface area contributed by atoms with Gasteiger partial charge in [0.2, 0.25) is 0 Å². The lowest BCUT2D eigenvalue weighted by molar-refractivity contribution is 1.38.